The standard InChI is InChI=1S/C10H6ClFN2S/c11-10-13-8(6-9(14-10)15-12)7-4-2-1-3-5-7/h1-6H. The highest BCUT2D eigenvalue weighted by Gasteiger charge is 2.05. The van der Waals surface area contributed by atoms with Gasteiger partial charge in [0.1, 0.15) is 17.2 Å². The summed E-state index contributed by atoms with van der Waals surface area (Å²) in [4.78, 5) is 7.75. The Balaban J connectivity index is 2.49. The Bertz CT molecular complexity index is 464. The van der Waals surface area contributed by atoms with Crippen molar-refractivity contribution in [3.63, 3.8) is 0 Å². The highest BCUT2D eigenvalue weighted by atomic mass is 35.5. The molecule has 1 aromatic heterocycles. The third-order valence-corrected chi connectivity index (χ3v) is 2.36. The first-order chi connectivity index (χ1) is 7.29. The Hall–Kier alpha value is -1.13. The fourth-order valence-electron chi connectivity index (χ4n) is 1.19. The number of hydrogen-bond donors (Lipinski definition) is 0. The zero-order chi connectivity index (χ0) is 10.7. The van der Waals surface area contributed by atoms with Gasteiger partial charge >= 0.3 is 0 Å². The van der Waals surface area contributed by atoms with Gasteiger partial charge in [-0.2, -0.15) is 3.89 Å². The van der Waals surface area contributed by atoms with E-state index in [1.165, 1.54) is 0 Å². The van der Waals surface area contributed by atoms with Crippen LogP contribution in [0.1, 0.15) is 0 Å². The van der Waals surface area contributed by atoms with Crippen molar-refractivity contribution in [2.75, 3.05) is 0 Å². The number of hydrogen-bond acceptors (Lipinski definition) is 3. The van der Waals surface area contributed by atoms with Crippen molar-refractivity contribution in [2.24, 2.45) is 0 Å². The van der Waals surface area contributed by atoms with Crippen LogP contribution in [0.4, 0.5) is 3.89 Å². The predicted octanol–water partition coefficient (Wildman–Crippen LogP) is 3.77. The minimum absolute atomic E-state index is 0.0523. The second-order valence-corrected chi connectivity index (χ2v) is 3.71. The molecule has 0 bridgehead atoms. The van der Waals surface area contributed by atoms with Gasteiger partial charge in [0, 0.05) is 5.56 Å². The van der Waals surface area contributed by atoms with Gasteiger partial charge in [0.05, 0.1) is 5.69 Å². The van der Waals surface area contributed by atoms with Gasteiger partial charge in [-0.3, -0.25) is 0 Å². The number of aromatic nitrogens is 2. The molecule has 0 saturated heterocycles. The zero-order valence-corrected chi connectivity index (χ0v) is 9.10. The first-order valence-electron chi connectivity index (χ1n) is 4.18. The van der Waals surface area contributed by atoms with Crippen LogP contribution in [0.5, 0.6) is 0 Å². The lowest BCUT2D eigenvalue weighted by Crippen LogP contribution is -1.89. The summed E-state index contributed by atoms with van der Waals surface area (Å²) in [6.45, 7) is 0. The summed E-state index contributed by atoms with van der Waals surface area (Å²) in [5.74, 6) is 0. The number of benzene rings is 1. The molecule has 0 radical (unpaired) electrons. The molecule has 2 nitrogen and oxygen atoms in total. The van der Waals surface area contributed by atoms with Crippen LogP contribution in [0.25, 0.3) is 11.3 Å². The maximum atomic E-state index is 12.4. The van der Waals surface area contributed by atoms with Crippen LogP contribution in [-0.4, -0.2) is 9.97 Å². The lowest BCUT2D eigenvalue weighted by atomic mass is 10.1. The Kier molecular flexibility index (Phi) is 3.18. The summed E-state index contributed by atoms with van der Waals surface area (Å²) in [5, 5.41) is 0.269. The topological polar surface area (TPSA) is 25.8 Å². The van der Waals surface area contributed by atoms with Crippen molar-refractivity contribution in [2.45, 2.75) is 5.03 Å². The van der Waals surface area contributed by atoms with Crippen molar-refractivity contribution in [3.8, 4) is 11.3 Å². The van der Waals surface area contributed by atoms with E-state index in [9.17, 15) is 3.89 Å². The van der Waals surface area contributed by atoms with Gasteiger partial charge in [-0.15, -0.1) is 0 Å². The smallest absolute Gasteiger partial charge is 0.218 e. The van der Waals surface area contributed by atoms with E-state index in [0.717, 1.165) is 5.56 Å². The maximum absolute atomic E-state index is 12.4. The molecule has 0 amide bonds. The first kappa shape index (κ1) is 10.4. The summed E-state index contributed by atoms with van der Waals surface area (Å²) >= 11 is 5.73. The minimum Gasteiger partial charge on any atom is -0.218 e. The number of halogens is 2. The van der Waals surface area contributed by atoms with Gasteiger partial charge < -0.3 is 0 Å². The molecule has 0 aliphatic carbocycles. The lowest BCUT2D eigenvalue weighted by molar-refractivity contribution is 0.913. The van der Waals surface area contributed by atoms with Crippen molar-refractivity contribution < 1.29 is 3.89 Å². The lowest BCUT2D eigenvalue weighted by Gasteiger charge is -2.01. The summed E-state index contributed by atoms with van der Waals surface area (Å²) in [5.41, 5.74) is 1.51. The predicted molar refractivity (Wildman–Crippen MR) is 59.4 cm³/mol. The molecule has 5 heteroatoms. The van der Waals surface area contributed by atoms with Gasteiger partial charge in [0.2, 0.25) is 5.28 Å². The van der Waals surface area contributed by atoms with Crippen molar-refractivity contribution in [1.82, 2.24) is 9.97 Å². The van der Waals surface area contributed by atoms with Crippen LogP contribution < -0.4 is 0 Å². The Morgan fingerprint density at radius 3 is 2.53 bits per heavy atom. The van der Waals surface area contributed by atoms with Crippen molar-refractivity contribution in [1.29, 1.82) is 0 Å². The third kappa shape index (κ3) is 2.46. The highest BCUT2D eigenvalue weighted by molar-refractivity contribution is 7.94. The molecule has 0 atom stereocenters. The molecule has 0 spiro atoms. The molecule has 0 unspecified atom stereocenters. The van der Waals surface area contributed by atoms with Crippen LogP contribution in [0, 0.1) is 0 Å². The molecule has 0 fully saturated rings. The van der Waals surface area contributed by atoms with Crippen LogP contribution in [0.2, 0.25) is 5.28 Å². The Morgan fingerprint density at radius 2 is 1.87 bits per heavy atom. The molecule has 0 aliphatic heterocycles. The van der Waals surface area contributed by atoms with Crippen molar-refractivity contribution in [3.05, 3.63) is 41.7 Å². The molecular formula is C10H6ClFN2S. The molecule has 2 rings (SSSR count). The molecule has 0 saturated carbocycles. The fourth-order valence-corrected chi connectivity index (χ4v) is 1.70. The summed E-state index contributed by atoms with van der Waals surface area (Å²) < 4.78 is 12.4. The van der Waals surface area contributed by atoms with E-state index < -0.39 is 0 Å². The van der Waals surface area contributed by atoms with Gasteiger partial charge in [-0.25, -0.2) is 9.97 Å². The molecule has 0 aliphatic rings. The summed E-state index contributed by atoms with van der Waals surface area (Å²) in [6, 6.07) is 11.0. The second kappa shape index (κ2) is 4.59. The Labute approximate surface area is 95.8 Å². The molecule has 76 valence electrons. The highest BCUT2D eigenvalue weighted by Crippen LogP contribution is 2.24. The molecule has 2 aromatic rings. The summed E-state index contributed by atoms with van der Waals surface area (Å²) in [6.07, 6.45) is 0. The molecular weight excluding hydrogens is 235 g/mol. The van der Waals surface area contributed by atoms with E-state index in [2.05, 4.69) is 9.97 Å². The van der Waals surface area contributed by atoms with Crippen molar-refractivity contribution >= 4 is 23.7 Å². The maximum Gasteiger partial charge on any atom is 0.224 e. The first-order valence-corrected chi connectivity index (χ1v) is 5.27. The van der Waals surface area contributed by atoms with E-state index in [4.69, 9.17) is 11.6 Å². The van der Waals surface area contributed by atoms with Gasteiger partial charge in [0.15, 0.2) is 0 Å². The van der Waals surface area contributed by atoms with E-state index >= 15 is 0 Å². The van der Waals surface area contributed by atoms with Gasteiger partial charge in [-0.1, -0.05) is 30.3 Å². The van der Waals surface area contributed by atoms with Crippen LogP contribution >= 0.6 is 23.7 Å². The monoisotopic (exact) mass is 240 g/mol. The van der Waals surface area contributed by atoms with Gasteiger partial charge in [0.25, 0.3) is 0 Å². The largest absolute Gasteiger partial charge is 0.224 e. The SMILES string of the molecule is FSc1cc(-c2ccccc2)nc(Cl)n1. The summed E-state index contributed by atoms with van der Waals surface area (Å²) in [7, 11) is 0. The quantitative estimate of drug-likeness (QED) is 0.590. The van der Waals surface area contributed by atoms with E-state index in [1.54, 1.807) is 6.07 Å². The second-order valence-electron chi connectivity index (χ2n) is 2.80. The molecule has 1 heterocycles. The Morgan fingerprint density at radius 1 is 1.13 bits per heavy atom. The van der Waals surface area contributed by atoms with Crippen LogP contribution in [-0.2, 0) is 0 Å². The number of rotatable bonds is 2. The normalized spacial score (nSPS) is 10.3. The zero-order valence-electron chi connectivity index (χ0n) is 7.52. The van der Waals surface area contributed by atoms with E-state index in [1.807, 2.05) is 30.3 Å². The van der Waals surface area contributed by atoms with Crippen LogP contribution in [0.3, 0.4) is 0 Å². The van der Waals surface area contributed by atoms with E-state index in [-0.39, 0.29) is 22.5 Å². The number of nitrogens with zero attached hydrogens (tertiary/aromatic N) is 2. The molecule has 15 heavy (non-hydrogen) atoms. The third-order valence-electron chi connectivity index (χ3n) is 1.82. The molecule has 0 N–H and O–H groups in total. The average Bonchev–Trinajstić information content (AvgIpc) is 2.29. The van der Waals surface area contributed by atoms with Crippen LogP contribution in [0.15, 0.2) is 41.4 Å². The average molecular weight is 241 g/mol. The van der Waals surface area contributed by atoms with E-state index in [0.29, 0.717) is 5.69 Å². The molecule has 1 aromatic carbocycles. The fraction of sp³-hybridized carbons (Fsp3) is 0. The van der Waals surface area contributed by atoms with Gasteiger partial charge in [-0.05, 0) is 17.7 Å². The minimum atomic E-state index is 0.0523.